The summed E-state index contributed by atoms with van der Waals surface area (Å²) in [5.41, 5.74) is 14.9. The van der Waals surface area contributed by atoms with Crippen LogP contribution in [0.1, 0.15) is 63.5 Å². The number of hydrogen-bond acceptors (Lipinski definition) is 9. The molecule has 4 aliphatic heterocycles. The summed E-state index contributed by atoms with van der Waals surface area (Å²) in [5, 5.41) is 9.06. The van der Waals surface area contributed by atoms with Crippen molar-refractivity contribution in [3.8, 4) is 6.07 Å². The number of nitrogens with zero attached hydrogens (tertiary/aromatic N) is 7. The molecule has 1 unspecified atom stereocenters. The first-order valence-electron chi connectivity index (χ1n) is 15.8. The van der Waals surface area contributed by atoms with Gasteiger partial charge in [0.25, 0.3) is 0 Å². The number of rotatable bonds is 4. The van der Waals surface area contributed by atoms with E-state index in [4.69, 9.17) is 16.7 Å². The minimum atomic E-state index is -0.641. The van der Waals surface area contributed by atoms with E-state index >= 15 is 0 Å². The second-order valence-electron chi connectivity index (χ2n) is 13.0. The summed E-state index contributed by atoms with van der Waals surface area (Å²) in [7, 11) is 3.31. The van der Waals surface area contributed by atoms with Crippen LogP contribution >= 0.6 is 0 Å². The zero-order valence-electron chi connectivity index (χ0n) is 26.9. The van der Waals surface area contributed by atoms with Gasteiger partial charge in [-0.3, -0.25) is 19.4 Å². The van der Waals surface area contributed by atoms with E-state index in [2.05, 4.69) is 50.1 Å². The molecule has 0 saturated carbocycles. The van der Waals surface area contributed by atoms with Crippen LogP contribution in [0, 0.1) is 17.2 Å². The van der Waals surface area contributed by atoms with Crippen LogP contribution in [0.5, 0.6) is 0 Å². The largest absolute Gasteiger partial charge is 0.372 e. The number of guanidine groups is 2. The van der Waals surface area contributed by atoms with Crippen molar-refractivity contribution < 1.29 is 9.59 Å². The monoisotopic (exact) mass is 611 g/mol. The average Bonchev–Trinajstić information content (AvgIpc) is 3.53. The van der Waals surface area contributed by atoms with E-state index in [1.165, 1.54) is 34.7 Å². The Balaban J connectivity index is 0.000000178. The fraction of sp³-hybridized carbons (Fsp3) is 0.500. The van der Waals surface area contributed by atoms with Crippen molar-refractivity contribution in [3.63, 3.8) is 0 Å². The molecule has 4 heterocycles. The van der Waals surface area contributed by atoms with Crippen molar-refractivity contribution in [1.82, 2.24) is 9.80 Å². The van der Waals surface area contributed by atoms with Crippen molar-refractivity contribution in [2.24, 2.45) is 27.4 Å². The summed E-state index contributed by atoms with van der Waals surface area (Å²) >= 11 is 0. The van der Waals surface area contributed by atoms with Crippen LogP contribution in [-0.2, 0) is 20.7 Å². The smallest absolute Gasteiger partial charge is 0.231 e. The van der Waals surface area contributed by atoms with Crippen LogP contribution in [0.2, 0.25) is 0 Å². The maximum Gasteiger partial charge on any atom is 0.231 e. The maximum absolute atomic E-state index is 12.1. The van der Waals surface area contributed by atoms with E-state index in [0.29, 0.717) is 18.8 Å². The Hall–Kier alpha value is -4.59. The molecule has 3 atom stereocenters. The highest BCUT2D eigenvalue weighted by Crippen LogP contribution is 2.36. The number of hydrogen-bond donors (Lipinski definition) is 2. The number of carbonyl (C=O) groups is 2. The fourth-order valence-electron chi connectivity index (χ4n) is 6.48. The van der Waals surface area contributed by atoms with Gasteiger partial charge in [-0.2, -0.15) is 5.26 Å². The van der Waals surface area contributed by atoms with Gasteiger partial charge >= 0.3 is 0 Å². The number of piperidine rings is 1. The van der Waals surface area contributed by atoms with Gasteiger partial charge in [-0.15, -0.1) is 0 Å². The van der Waals surface area contributed by atoms with Crippen LogP contribution in [0.25, 0.3) is 0 Å². The lowest BCUT2D eigenvalue weighted by molar-refractivity contribution is -0.129. The molecule has 2 aromatic rings. The molecule has 0 aromatic heterocycles. The Bertz CT molecular complexity index is 1540. The molecule has 4 N–H and O–H groups in total. The molecule has 2 amide bonds. The van der Waals surface area contributed by atoms with Crippen molar-refractivity contribution in [1.29, 1.82) is 5.26 Å². The maximum atomic E-state index is 12.1. The van der Waals surface area contributed by atoms with Crippen LogP contribution in [-0.4, -0.2) is 73.8 Å². The van der Waals surface area contributed by atoms with Gasteiger partial charge in [0.05, 0.1) is 35.9 Å². The molecule has 238 valence electrons. The lowest BCUT2D eigenvalue weighted by atomic mass is 9.87. The minimum absolute atomic E-state index is 0.0124. The predicted octanol–water partition coefficient (Wildman–Crippen LogP) is 3.50. The van der Waals surface area contributed by atoms with Crippen molar-refractivity contribution in [3.05, 3.63) is 59.7 Å². The van der Waals surface area contributed by atoms with Gasteiger partial charge < -0.3 is 21.3 Å². The third-order valence-electron chi connectivity index (χ3n) is 9.54. The summed E-state index contributed by atoms with van der Waals surface area (Å²) in [5.74, 6) is 0.615. The summed E-state index contributed by atoms with van der Waals surface area (Å²) in [6.45, 7) is 7.77. The van der Waals surface area contributed by atoms with Gasteiger partial charge in [-0.1, -0.05) is 24.3 Å². The van der Waals surface area contributed by atoms with E-state index in [0.717, 1.165) is 49.4 Å². The third kappa shape index (κ3) is 6.75. The number of nitriles is 1. The Kier molecular flexibility index (Phi) is 9.05. The predicted molar refractivity (Wildman–Crippen MR) is 178 cm³/mol. The summed E-state index contributed by atoms with van der Waals surface area (Å²) in [4.78, 5) is 40.8. The number of benzene rings is 2. The van der Waals surface area contributed by atoms with E-state index in [9.17, 15) is 9.59 Å². The number of amides is 2. The van der Waals surface area contributed by atoms with Gasteiger partial charge in [0.15, 0.2) is 11.9 Å². The highest BCUT2D eigenvalue weighted by molar-refractivity contribution is 5.99. The van der Waals surface area contributed by atoms with E-state index in [1.54, 1.807) is 14.1 Å². The van der Waals surface area contributed by atoms with Crippen molar-refractivity contribution in [2.45, 2.75) is 63.5 Å². The first kappa shape index (κ1) is 31.8. The van der Waals surface area contributed by atoms with Gasteiger partial charge in [-0.25, -0.2) is 9.98 Å². The molecule has 2 saturated heterocycles. The molecule has 2 fully saturated rings. The molecule has 0 aliphatic carbocycles. The average molecular weight is 612 g/mol. The Morgan fingerprint density at radius 2 is 1.27 bits per heavy atom. The van der Waals surface area contributed by atoms with Crippen molar-refractivity contribution in [2.75, 3.05) is 50.1 Å². The molecule has 0 radical (unpaired) electrons. The highest BCUT2D eigenvalue weighted by Gasteiger charge is 2.37. The normalized spacial score (nSPS) is 27.0. The second-order valence-corrected chi connectivity index (χ2v) is 13.0. The van der Waals surface area contributed by atoms with Crippen LogP contribution in [0.3, 0.4) is 0 Å². The van der Waals surface area contributed by atoms with E-state index < -0.39 is 11.1 Å². The van der Waals surface area contributed by atoms with Gasteiger partial charge in [-0.05, 0) is 74.9 Å². The first-order chi connectivity index (χ1) is 21.4. The Morgan fingerprint density at radius 3 is 1.71 bits per heavy atom. The topological polar surface area (TPSA) is 148 Å². The molecular weight excluding hydrogens is 566 g/mol. The zero-order valence-corrected chi connectivity index (χ0v) is 26.9. The SMILES string of the molecule is CN1C(=O)C[C@@](C)(c2cccc(N3CCC(C#N)C3)c2)N=C1N.CN1C(=O)C[C@@](C)(c2cccc(N3CCCCC3)c2)N=C1N. The fourth-order valence-corrected chi connectivity index (χ4v) is 6.48. The molecular formula is C34H45N9O2. The van der Waals surface area contributed by atoms with Crippen LogP contribution < -0.4 is 21.3 Å². The molecule has 6 rings (SSSR count). The van der Waals surface area contributed by atoms with Crippen LogP contribution in [0.15, 0.2) is 58.5 Å². The zero-order chi connectivity index (χ0) is 32.4. The third-order valence-corrected chi connectivity index (χ3v) is 9.54. The number of carbonyl (C=O) groups excluding carboxylic acids is 2. The highest BCUT2D eigenvalue weighted by atomic mass is 16.2. The second kappa shape index (κ2) is 12.8. The molecule has 11 heteroatoms. The molecule has 11 nitrogen and oxygen atoms in total. The molecule has 0 spiro atoms. The Labute approximate surface area is 266 Å². The standard InChI is InChI=1S/C17H21N5O.C17H24N4O/c1-17(9-15(23)21(2)16(19)20-17)13-4-3-5-14(8-13)22-7-6-12(10-18)11-22;1-17(12-15(22)20(2)16(18)19-17)13-7-6-8-14(11-13)21-9-4-3-5-10-21/h3-5,8,12H,6-7,9,11H2,1-2H3,(H2,19,20);6-8,11H,3-5,9-10,12H2,1-2H3,(H2,18,19)/t12?,17-;17-/m00/s1. The van der Waals surface area contributed by atoms with E-state index in [-0.39, 0.29) is 23.7 Å². The van der Waals surface area contributed by atoms with E-state index in [1.807, 2.05) is 38.1 Å². The van der Waals surface area contributed by atoms with Gasteiger partial charge in [0.1, 0.15) is 0 Å². The van der Waals surface area contributed by atoms with Crippen LogP contribution in [0.4, 0.5) is 11.4 Å². The quantitative estimate of drug-likeness (QED) is 0.538. The van der Waals surface area contributed by atoms with Gasteiger partial charge in [0.2, 0.25) is 11.8 Å². The molecule has 0 bridgehead atoms. The summed E-state index contributed by atoms with van der Waals surface area (Å²) in [6.07, 6.45) is 5.36. The number of nitrogens with two attached hydrogens (primary N) is 2. The lowest BCUT2D eigenvalue weighted by Gasteiger charge is -2.35. The molecule has 4 aliphatic rings. The minimum Gasteiger partial charge on any atom is -0.372 e. The number of anilines is 2. The Morgan fingerprint density at radius 1 is 0.778 bits per heavy atom. The number of aliphatic imine (C=N–C) groups is 2. The molecule has 45 heavy (non-hydrogen) atoms. The first-order valence-corrected chi connectivity index (χ1v) is 15.8. The summed E-state index contributed by atoms with van der Waals surface area (Å²) < 4.78 is 0. The molecule has 2 aromatic carbocycles. The van der Waals surface area contributed by atoms with Gasteiger partial charge in [0, 0.05) is 51.6 Å². The summed E-state index contributed by atoms with van der Waals surface area (Å²) in [6, 6.07) is 18.8. The lowest BCUT2D eigenvalue weighted by Crippen LogP contribution is -2.47. The van der Waals surface area contributed by atoms with Crippen molar-refractivity contribution >= 4 is 35.1 Å².